The second kappa shape index (κ2) is 6.57. The molecule has 0 heterocycles. The van der Waals surface area contributed by atoms with Crippen molar-refractivity contribution in [1.82, 2.24) is 4.90 Å². The Hall–Kier alpha value is -1.55. The SMILES string of the molecule is CC(C)C(N)C(=O)N(C)Cc1ccc(N(C)C)cc1. The van der Waals surface area contributed by atoms with Gasteiger partial charge in [0.1, 0.15) is 0 Å². The van der Waals surface area contributed by atoms with Crippen LogP contribution in [0.1, 0.15) is 19.4 Å². The molecule has 0 aliphatic carbocycles. The molecule has 0 spiro atoms. The molecular formula is C15H25N3O. The minimum atomic E-state index is -0.425. The summed E-state index contributed by atoms with van der Waals surface area (Å²) < 4.78 is 0. The molecule has 0 fully saturated rings. The maximum Gasteiger partial charge on any atom is 0.239 e. The van der Waals surface area contributed by atoms with Crippen molar-refractivity contribution in [3.63, 3.8) is 0 Å². The highest BCUT2D eigenvalue weighted by Crippen LogP contribution is 2.14. The Balaban J connectivity index is 2.66. The van der Waals surface area contributed by atoms with Crippen LogP contribution in [-0.4, -0.2) is 38.0 Å². The number of carbonyl (C=O) groups is 1. The van der Waals surface area contributed by atoms with Crippen molar-refractivity contribution in [3.05, 3.63) is 29.8 Å². The molecular weight excluding hydrogens is 238 g/mol. The van der Waals surface area contributed by atoms with E-state index in [9.17, 15) is 4.79 Å². The smallest absolute Gasteiger partial charge is 0.239 e. The van der Waals surface area contributed by atoms with E-state index in [4.69, 9.17) is 5.73 Å². The van der Waals surface area contributed by atoms with Gasteiger partial charge in [-0.25, -0.2) is 0 Å². The van der Waals surface area contributed by atoms with Crippen LogP contribution in [0.25, 0.3) is 0 Å². The number of nitrogens with zero attached hydrogens (tertiary/aromatic N) is 2. The first-order chi connectivity index (χ1) is 8.82. The van der Waals surface area contributed by atoms with Gasteiger partial charge in [0.25, 0.3) is 0 Å². The van der Waals surface area contributed by atoms with Crippen LogP contribution in [0.15, 0.2) is 24.3 Å². The van der Waals surface area contributed by atoms with Gasteiger partial charge in [-0.3, -0.25) is 4.79 Å². The number of amides is 1. The maximum atomic E-state index is 12.1. The third-order valence-corrected chi connectivity index (χ3v) is 3.25. The lowest BCUT2D eigenvalue weighted by molar-refractivity contribution is -0.132. The van der Waals surface area contributed by atoms with Crippen molar-refractivity contribution in [2.24, 2.45) is 11.7 Å². The van der Waals surface area contributed by atoms with E-state index < -0.39 is 6.04 Å². The summed E-state index contributed by atoms with van der Waals surface area (Å²) in [4.78, 5) is 15.8. The van der Waals surface area contributed by atoms with Crippen molar-refractivity contribution in [1.29, 1.82) is 0 Å². The monoisotopic (exact) mass is 263 g/mol. The van der Waals surface area contributed by atoms with E-state index in [0.717, 1.165) is 11.3 Å². The number of hydrogen-bond donors (Lipinski definition) is 1. The molecule has 0 saturated heterocycles. The molecule has 1 rings (SSSR count). The molecule has 2 N–H and O–H groups in total. The molecule has 0 aromatic heterocycles. The fourth-order valence-corrected chi connectivity index (χ4v) is 1.79. The van der Waals surface area contributed by atoms with Crippen molar-refractivity contribution in [2.45, 2.75) is 26.4 Å². The normalized spacial score (nSPS) is 12.4. The number of anilines is 1. The quantitative estimate of drug-likeness (QED) is 0.879. The lowest BCUT2D eigenvalue weighted by Gasteiger charge is -2.23. The van der Waals surface area contributed by atoms with Gasteiger partial charge in [-0.05, 0) is 23.6 Å². The summed E-state index contributed by atoms with van der Waals surface area (Å²) in [7, 11) is 5.81. The second-order valence-electron chi connectivity index (χ2n) is 5.52. The second-order valence-corrected chi connectivity index (χ2v) is 5.52. The predicted octanol–water partition coefficient (Wildman–Crippen LogP) is 1.69. The van der Waals surface area contributed by atoms with E-state index in [1.165, 1.54) is 0 Å². The highest BCUT2D eigenvalue weighted by molar-refractivity contribution is 5.81. The number of carbonyl (C=O) groups excluding carboxylic acids is 1. The Labute approximate surface area is 116 Å². The fraction of sp³-hybridized carbons (Fsp3) is 0.533. The van der Waals surface area contributed by atoms with Crippen LogP contribution in [0.2, 0.25) is 0 Å². The van der Waals surface area contributed by atoms with Gasteiger partial charge in [0.2, 0.25) is 5.91 Å². The number of hydrogen-bond acceptors (Lipinski definition) is 3. The minimum absolute atomic E-state index is 0.00770. The zero-order valence-electron chi connectivity index (χ0n) is 12.6. The number of rotatable bonds is 5. The standard InChI is InChI=1S/C15H25N3O/c1-11(2)14(16)15(19)18(5)10-12-6-8-13(9-7-12)17(3)4/h6-9,11,14H,10,16H2,1-5H3. The molecule has 0 aliphatic heterocycles. The summed E-state index contributed by atoms with van der Waals surface area (Å²) in [6, 6.07) is 7.76. The third kappa shape index (κ3) is 4.24. The minimum Gasteiger partial charge on any atom is -0.378 e. The Morgan fingerprint density at radius 2 is 1.68 bits per heavy atom. The summed E-state index contributed by atoms with van der Waals surface area (Å²) in [5.41, 5.74) is 8.14. The molecule has 1 unspecified atom stereocenters. The van der Waals surface area contributed by atoms with E-state index >= 15 is 0 Å². The van der Waals surface area contributed by atoms with Crippen LogP contribution in [0.5, 0.6) is 0 Å². The molecule has 0 saturated carbocycles. The topological polar surface area (TPSA) is 49.6 Å². The summed E-state index contributed by atoms with van der Waals surface area (Å²) >= 11 is 0. The Morgan fingerprint density at radius 1 is 1.16 bits per heavy atom. The van der Waals surface area contributed by atoms with E-state index in [1.807, 2.05) is 45.0 Å². The highest BCUT2D eigenvalue weighted by Gasteiger charge is 2.20. The van der Waals surface area contributed by atoms with E-state index in [0.29, 0.717) is 6.54 Å². The largest absolute Gasteiger partial charge is 0.378 e. The van der Waals surface area contributed by atoms with Gasteiger partial charge < -0.3 is 15.5 Å². The highest BCUT2D eigenvalue weighted by atomic mass is 16.2. The molecule has 1 aromatic carbocycles. The van der Waals surface area contributed by atoms with Gasteiger partial charge in [-0.2, -0.15) is 0 Å². The Kier molecular flexibility index (Phi) is 5.36. The van der Waals surface area contributed by atoms with Crippen LogP contribution in [-0.2, 0) is 11.3 Å². The molecule has 0 aliphatic rings. The van der Waals surface area contributed by atoms with Crippen molar-refractivity contribution in [3.8, 4) is 0 Å². The third-order valence-electron chi connectivity index (χ3n) is 3.25. The molecule has 1 atom stereocenters. The predicted molar refractivity (Wildman–Crippen MR) is 80.1 cm³/mol. The van der Waals surface area contributed by atoms with Crippen LogP contribution in [0, 0.1) is 5.92 Å². The Morgan fingerprint density at radius 3 is 2.11 bits per heavy atom. The summed E-state index contributed by atoms with van der Waals surface area (Å²) in [6.45, 7) is 4.51. The average molecular weight is 263 g/mol. The number of nitrogens with two attached hydrogens (primary N) is 1. The zero-order valence-corrected chi connectivity index (χ0v) is 12.6. The summed E-state index contributed by atoms with van der Waals surface area (Å²) in [5.74, 6) is 0.151. The van der Waals surface area contributed by atoms with Crippen LogP contribution in [0.3, 0.4) is 0 Å². The molecule has 19 heavy (non-hydrogen) atoms. The maximum absolute atomic E-state index is 12.1. The number of benzene rings is 1. The van der Waals surface area contributed by atoms with Crippen LogP contribution >= 0.6 is 0 Å². The van der Waals surface area contributed by atoms with Gasteiger partial charge in [0, 0.05) is 33.4 Å². The molecule has 1 amide bonds. The van der Waals surface area contributed by atoms with E-state index in [1.54, 1.807) is 11.9 Å². The number of likely N-dealkylation sites (N-methyl/N-ethyl adjacent to an activating group) is 1. The van der Waals surface area contributed by atoms with Gasteiger partial charge in [-0.1, -0.05) is 26.0 Å². The van der Waals surface area contributed by atoms with Gasteiger partial charge in [-0.15, -0.1) is 0 Å². The van der Waals surface area contributed by atoms with Crippen molar-refractivity contribution in [2.75, 3.05) is 26.0 Å². The zero-order chi connectivity index (χ0) is 14.6. The van der Waals surface area contributed by atoms with Crippen molar-refractivity contribution < 1.29 is 4.79 Å². The first-order valence-corrected chi connectivity index (χ1v) is 6.59. The lowest BCUT2D eigenvalue weighted by atomic mass is 10.0. The molecule has 106 valence electrons. The molecule has 4 heteroatoms. The average Bonchev–Trinajstić information content (AvgIpc) is 2.37. The molecule has 0 bridgehead atoms. The van der Waals surface area contributed by atoms with E-state index in [2.05, 4.69) is 12.1 Å². The van der Waals surface area contributed by atoms with Crippen LogP contribution < -0.4 is 10.6 Å². The first-order valence-electron chi connectivity index (χ1n) is 6.59. The van der Waals surface area contributed by atoms with Gasteiger partial charge in [0.15, 0.2) is 0 Å². The Bertz CT molecular complexity index is 412. The first kappa shape index (κ1) is 15.5. The van der Waals surface area contributed by atoms with E-state index in [-0.39, 0.29) is 11.8 Å². The fourth-order valence-electron chi connectivity index (χ4n) is 1.79. The van der Waals surface area contributed by atoms with Crippen molar-refractivity contribution >= 4 is 11.6 Å². The summed E-state index contributed by atoms with van der Waals surface area (Å²) in [6.07, 6.45) is 0. The van der Waals surface area contributed by atoms with Crippen LogP contribution in [0.4, 0.5) is 5.69 Å². The van der Waals surface area contributed by atoms with Gasteiger partial charge in [0.05, 0.1) is 6.04 Å². The lowest BCUT2D eigenvalue weighted by Crippen LogP contribution is -2.44. The molecule has 4 nitrogen and oxygen atoms in total. The summed E-state index contributed by atoms with van der Waals surface area (Å²) in [5, 5.41) is 0. The molecule has 1 aromatic rings. The van der Waals surface area contributed by atoms with Gasteiger partial charge >= 0.3 is 0 Å². The molecule has 0 radical (unpaired) electrons.